The van der Waals surface area contributed by atoms with E-state index >= 15 is 0 Å². The monoisotopic (exact) mass is 356 g/mol. The van der Waals surface area contributed by atoms with Crippen molar-refractivity contribution >= 4 is 23.5 Å². The molecule has 6 nitrogen and oxygen atoms in total. The van der Waals surface area contributed by atoms with Gasteiger partial charge in [-0.05, 0) is 67.2 Å². The molecule has 0 spiro atoms. The Morgan fingerprint density at radius 2 is 1.62 bits per heavy atom. The van der Waals surface area contributed by atoms with Gasteiger partial charge in [0.25, 0.3) is 0 Å². The molecule has 2 fully saturated rings. The van der Waals surface area contributed by atoms with Gasteiger partial charge in [0.05, 0.1) is 0 Å². The second kappa shape index (κ2) is 8.17. The first kappa shape index (κ1) is 18.2. The van der Waals surface area contributed by atoms with E-state index in [1.807, 2.05) is 0 Å². The van der Waals surface area contributed by atoms with E-state index in [9.17, 15) is 9.59 Å². The highest BCUT2D eigenvalue weighted by atomic mass is 16.4. The number of nitrogens with one attached hydrogen (secondary N) is 1. The van der Waals surface area contributed by atoms with Gasteiger partial charge in [-0.3, -0.25) is 4.99 Å². The molecule has 0 atom stereocenters. The summed E-state index contributed by atoms with van der Waals surface area (Å²) in [7, 11) is 0. The molecule has 0 radical (unpaired) electrons. The number of amidine groups is 1. The van der Waals surface area contributed by atoms with E-state index in [1.54, 1.807) is 11.1 Å². The van der Waals surface area contributed by atoms with Crippen molar-refractivity contribution in [2.45, 2.75) is 50.4 Å². The molecular weight excluding hydrogens is 332 g/mol. The van der Waals surface area contributed by atoms with Gasteiger partial charge < -0.3 is 15.5 Å². The Bertz CT molecular complexity index is 730. The molecule has 26 heavy (non-hydrogen) atoms. The number of carboxylic acids is 2. The summed E-state index contributed by atoms with van der Waals surface area (Å²) in [5.74, 6) is 0.391. The van der Waals surface area contributed by atoms with Crippen molar-refractivity contribution in [3.63, 3.8) is 0 Å². The minimum Gasteiger partial charge on any atom is -0.478 e. The molecule has 0 amide bonds. The van der Waals surface area contributed by atoms with Gasteiger partial charge >= 0.3 is 11.9 Å². The summed E-state index contributed by atoms with van der Waals surface area (Å²) in [5.41, 5.74) is 4.51. The van der Waals surface area contributed by atoms with Crippen LogP contribution in [0.5, 0.6) is 0 Å². The van der Waals surface area contributed by atoms with Gasteiger partial charge in [0.2, 0.25) is 0 Å². The molecule has 0 bridgehead atoms. The maximum atomic E-state index is 9.55. The molecular formula is C20H24N2O4. The number of aliphatic imine (C=N–C) groups is 1. The van der Waals surface area contributed by atoms with Crippen molar-refractivity contribution in [2.75, 3.05) is 11.9 Å². The molecule has 2 saturated carbocycles. The van der Waals surface area contributed by atoms with Crippen molar-refractivity contribution in [1.29, 1.82) is 0 Å². The first-order valence-corrected chi connectivity index (χ1v) is 9.11. The molecule has 4 rings (SSSR count). The van der Waals surface area contributed by atoms with Gasteiger partial charge in [0.15, 0.2) is 0 Å². The summed E-state index contributed by atoms with van der Waals surface area (Å²) in [6, 6.07) is 7.01. The van der Waals surface area contributed by atoms with Crippen LogP contribution in [0.3, 0.4) is 0 Å². The summed E-state index contributed by atoms with van der Waals surface area (Å²) in [5, 5.41) is 19.1. The highest BCUT2D eigenvalue weighted by Crippen LogP contribution is 2.49. The van der Waals surface area contributed by atoms with Crippen molar-refractivity contribution < 1.29 is 19.8 Å². The predicted octanol–water partition coefficient (Wildman–Crippen LogP) is 3.76. The molecule has 138 valence electrons. The number of benzene rings is 1. The van der Waals surface area contributed by atoms with Crippen LogP contribution < -0.4 is 5.32 Å². The van der Waals surface area contributed by atoms with Crippen LogP contribution in [0.15, 0.2) is 35.3 Å². The van der Waals surface area contributed by atoms with Gasteiger partial charge in [0.1, 0.15) is 5.84 Å². The summed E-state index contributed by atoms with van der Waals surface area (Å²) in [6.07, 6.45) is 9.03. The molecule has 3 aliphatic rings. The fourth-order valence-corrected chi connectivity index (χ4v) is 3.12. The molecule has 1 aromatic rings. The van der Waals surface area contributed by atoms with Crippen molar-refractivity contribution in [3.8, 4) is 0 Å². The van der Waals surface area contributed by atoms with Crippen molar-refractivity contribution in [1.82, 2.24) is 0 Å². The van der Waals surface area contributed by atoms with Gasteiger partial charge in [-0.1, -0.05) is 6.07 Å². The van der Waals surface area contributed by atoms with Gasteiger partial charge in [-0.2, -0.15) is 0 Å². The average Bonchev–Trinajstić information content (AvgIpc) is 3.52. The molecule has 0 unspecified atom stereocenters. The number of hydrogen-bond acceptors (Lipinski definition) is 4. The number of aliphatic carboxylic acids is 2. The highest BCUT2D eigenvalue weighted by Gasteiger charge is 2.32. The number of rotatable bonds is 5. The Morgan fingerprint density at radius 1 is 1.00 bits per heavy atom. The van der Waals surface area contributed by atoms with E-state index < -0.39 is 11.9 Å². The lowest BCUT2D eigenvalue weighted by Crippen LogP contribution is -2.08. The van der Waals surface area contributed by atoms with Gasteiger partial charge in [-0.15, -0.1) is 0 Å². The normalized spacial score (nSPS) is 18.8. The SMILES string of the molecule is O=C(O)/C=C/C(=O)O.c1cc(C2CC2)c(C2CC2)cc1NC1=NCCC1. The molecule has 0 aromatic heterocycles. The van der Waals surface area contributed by atoms with Crippen LogP contribution in [-0.2, 0) is 9.59 Å². The largest absolute Gasteiger partial charge is 0.478 e. The smallest absolute Gasteiger partial charge is 0.328 e. The molecule has 1 aliphatic heterocycles. The average molecular weight is 356 g/mol. The Hall–Kier alpha value is -2.63. The van der Waals surface area contributed by atoms with Crippen LogP contribution in [0.25, 0.3) is 0 Å². The number of carbonyl (C=O) groups is 2. The zero-order chi connectivity index (χ0) is 18.5. The van der Waals surface area contributed by atoms with E-state index in [4.69, 9.17) is 10.2 Å². The number of nitrogens with zero attached hydrogens (tertiary/aromatic N) is 1. The summed E-state index contributed by atoms with van der Waals surface area (Å²) < 4.78 is 0. The number of hydrogen-bond donors (Lipinski definition) is 3. The predicted molar refractivity (Wildman–Crippen MR) is 100.0 cm³/mol. The lowest BCUT2D eigenvalue weighted by Gasteiger charge is -2.12. The summed E-state index contributed by atoms with van der Waals surface area (Å²) in [4.78, 5) is 23.6. The summed E-state index contributed by atoms with van der Waals surface area (Å²) in [6.45, 7) is 0.998. The Balaban J connectivity index is 0.000000211. The summed E-state index contributed by atoms with van der Waals surface area (Å²) >= 11 is 0. The molecule has 2 aliphatic carbocycles. The third-order valence-electron chi connectivity index (χ3n) is 4.65. The Morgan fingerprint density at radius 3 is 2.12 bits per heavy atom. The fraction of sp³-hybridized carbons (Fsp3) is 0.450. The fourth-order valence-electron chi connectivity index (χ4n) is 3.12. The molecule has 3 N–H and O–H groups in total. The standard InChI is InChI=1S/C16H20N2.C4H4O4/c1-2-16(17-9-1)18-13-7-8-14(11-3-4-11)15(10-13)12-5-6-12;5-3(6)1-2-4(7)8/h7-8,10-12H,1-6,9H2,(H,17,18);1-2H,(H,5,6)(H,7,8)/b;2-1+. The lowest BCUT2D eigenvalue weighted by molar-refractivity contribution is -0.134. The van der Waals surface area contributed by atoms with Crippen LogP contribution in [0.4, 0.5) is 5.69 Å². The zero-order valence-electron chi connectivity index (χ0n) is 14.6. The minimum absolute atomic E-state index is 0.558. The van der Waals surface area contributed by atoms with E-state index in [0.29, 0.717) is 12.2 Å². The van der Waals surface area contributed by atoms with Crippen LogP contribution in [0, 0.1) is 0 Å². The second-order valence-corrected chi connectivity index (χ2v) is 6.96. The molecule has 1 heterocycles. The first-order chi connectivity index (χ1) is 12.5. The second-order valence-electron chi connectivity index (χ2n) is 6.96. The van der Waals surface area contributed by atoms with Gasteiger partial charge in [-0.25, -0.2) is 9.59 Å². The van der Waals surface area contributed by atoms with Crippen LogP contribution in [0.1, 0.15) is 61.5 Å². The molecule has 0 saturated heterocycles. The topological polar surface area (TPSA) is 99.0 Å². The van der Waals surface area contributed by atoms with E-state index in [0.717, 1.165) is 24.8 Å². The Labute approximate surface area is 152 Å². The van der Waals surface area contributed by atoms with Crippen LogP contribution in [-0.4, -0.2) is 34.5 Å². The van der Waals surface area contributed by atoms with Crippen LogP contribution in [0.2, 0.25) is 0 Å². The first-order valence-electron chi connectivity index (χ1n) is 9.11. The van der Waals surface area contributed by atoms with E-state index in [2.05, 4.69) is 28.5 Å². The minimum atomic E-state index is -1.26. The number of anilines is 1. The lowest BCUT2D eigenvalue weighted by atomic mass is 9.98. The molecule has 1 aromatic carbocycles. The highest BCUT2D eigenvalue weighted by molar-refractivity contribution is 5.96. The molecule has 6 heteroatoms. The van der Waals surface area contributed by atoms with E-state index in [1.165, 1.54) is 43.6 Å². The van der Waals surface area contributed by atoms with Gasteiger partial charge in [0, 0.05) is 30.8 Å². The van der Waals surface area contributed by atoms with Crippen molar-refractivity contribution in [2.24, 2.45) is 4.99 Å². The van der Waals surface area contributed by atoms with E-state index in [-0.39, 0.29) is 0 Å². The number of carboxylic acid groups (broad SMARTS) is 2. The third-order valence-corrected chi connectivity index (χ3v) is 4.65. The quantitative estimate of drug-likeness (QED) is 0.698. The third kappa shape index (κ3) is 5.44. The zero-order valence-corrected chi connectivity index (χ0v) is 14.6. The Kier molecular flexibility index (Phi) is 5.71. The van der Waals surface area contributed by atoms with Crippen LogP contribution >= 0.6 is 0 Å². The maximum absolute atomic E-state index is 9.55. The maximum Gasteiger partial charge on any atom is 0.328 e. The van der Waals surface area contributed by atoms with Crippen molar-refractivity contribution in [3.05, 3.63) is 41.5 Å².